The van der Waals surface area contributed by atoms with Crippen LogP contribution < -0.4 is 4.74 Å². The SMILES string of the molecule is CCOC(=O)C(C)(CCCc1ccc(Sc2cccc(OCc3ccccc3)c2)cc1Cl)C(=O)OCC. The Morgan fingerprint density at radius 1 is 0.865 bits per heavy atom. The first-order valence-electron chi connectivity index (χ1n) is 12.4. The molecule has 5 nitrogen and oxygen atoms in total. The third-order valence-corrected chi connectivity index (χ3v) is 7.22. The van der Waals surface area contributed by atoms with E-state index in [0.29, 0.717) is 30.9 Å². The predicted molar refractivity (Wildman–Crippen MR) is 147 cm³/mol. The molecule has 0 heterocycles. The first-order valence-corrected chi connectivity index (χ1v) is 13.6. The van der Waals surface area contributed by atoms with E-state index in [9.17, 15) is 9.59 Å². The molecule has 0 aromatic heterocycles. The van der Waals surface area contributed by atoms with Gasteiger partial charge in [0.05, 0.1) is 13.2 Å². The van der Waals surface area contributed by atoms with E-state index < -0.39 is 17.4 Å². The van der Waals surface area contributed by atoms with Gasteiger partial charge >= 0.3 is 11.9 Å². The van der Waals surface area contributed by atoms with Crippen LogP contribution in [-0.2, 0) is 32.1 Å². The predicted octanol–water partition coefficient (Wildman–Crippen LogP) is 7.53. The van der Waals surface area contributed by atoms with Gasteiger partial charge in [0.15, 0.2) is 5.41 Å². The second-order valence-electron chi connectivity index (χ2n) is 8.73. The van der Waals surface area contributed by atoms with Crippen molar-refractivity contribution in [3.63, 3.8) is 0 Å². The summed E-state index contributed by atoms with van der Waals surface area (Å²) >= 11 is 8.20. The third kappa shape index (κ3) is 8.27. The highest BCUT2D eigenvalue weighted by atomic mass is 35.5. The van der Waals surface area contributed by atoms with Crippen molar-refractivity contribution in [2.45, 2.75) is 56.4 Å². The molecule has 37 heavy (non-hydrogen) atoms. The van der Waals surface area contributed by atoms with Gasteiger partial charge in [0.25, 0.3) is 0 Å². The Morgan fingerprint density at radius 3 is 2.19 bits per heavy atom. The number of halogens is 1. The molecule has 3 aromatic rings. The lowest BCUT2D eigenvalue weighted by atomic mass is 9.84. The Hall–Kier alpha value is -2.96. The van der Waals surface area contributed by atoms with E-state index in [1.165, 1.54) is 0 Å². The lowest BCUT2D eigenvalue weighted by Crippen LogP contribution is -2.39. The Bertz CT molecular complexity index is 1160. The normalized spacial score (nSPS) is 11.1. The standard InChI is InChI=1S/C30H33ClO5S/c1-4-34-28(32)30(3,29(33)35-5-2)18-10-13-23-16-17-26(20-27(23)31)37-25-15-9-14-24(19-25)36-21-22-11-7-6-8-12-22/h6-9,11-12,14-17,19-20H,4-5,10,13,18,21H2,1-3H3. The topological polar surface area (TPSA) is 61.8 Å². The minimum atomic E-state index is -1.33. The van der Waals surface area contributed by atoms with E-state index in [4.69, 9.17) is 25.8 Å². The van der Waals surface area contributed by atoms with Crippen molar-refractivity contribution in [2.24, 2.45) is 5.41 Å². The second kappa shape index (κ2) is 14.1. The molecular formula is C30H33ClO5S. The summed E-state index contributed by atoms with van der Waals surface area (Å²) in [6, 6.07) is 24.0. The molecule has 0 aliphatic carbocycles. The summed E-state index contributed by atoms with van der Waals surface area (Å²) in [6.45, 7) is 5.96. The monoisotopic (exact) mass is 540 g/mol. The van der Waals surface area contributed by atoms with Crippen LogP contribution in [0.15, 0.2) is 82.6 Å². The van der Waals surface area contributed by atoms with Crippen molar-refractivity contribution in [2.75, 3.05) is 13.2 Å². The van der Waals surface area contributed by atoms with Gasteiger partial charge in [-0.2, -0.15) is 0 Å². The first kappa shape index (κ1) is 28.6. The van der Waals surface area contributed by atoms with Crippen LogP contribution in [0, 0.1) is 5.41 Å². The van der Waals surface area contributed by atoms with Crippen molar-refractivity contribution in [3.05, 3.63) is 88.9 Å². The smallest absolute Gasteiger partial charge is 0.323 e. The average Bonchev–Trinajstić information content (AvgIpc) is 2.89. The molecule has 0 saturated carbocycles. The van der Waals surface area contributed by atoms with Crippen LogP contribution in [0.3, 0.4) is 0 Å². The minimum Gasteiger partial charge on any atom is -0.489 e. The van der Waals surface area contributed by atoms with E-state index in [-0.39, 0.29) is 13.2 Å². The van der Waals surface area contributed by atoms with Gasteiger partial charge in [-0.25, -0.2) is 0 Å². The number of hydrogen-bond donors (Lipinski definition) is 0. The second-order valence-corrected chi connectivity index (χ2v) is 10.3. The summed E-state index contributed by atoms with van der Waals surface area (Å²) in [7, 11) is 0. The number of ether oxygens (including phenoxy) is 3. The maximum atomic E-state index is 12.5. The summed E-state index contributed by atoms with van der Waals surface area (Å²) in [4.78, 5) is 27.0. The fourth-order valence-corrected chi connectivity index (χ4v) is 5.05. The van der Waals surface area contributed by atoms with Crippen LogP contribution in [0.25, 0.3) is 0 Å². The molecule has 0 amide bonds. The molecule has 0 fully saturated rings. The maximum Gasteiger partial charge on any atom is 0.323 e. The molecule has 0 bridgehead atoms. The highest BCUT2D eigenvalue weighted by Gasteiger charge is 2.43. The number of esters is 2. The third-order valence-electron chi connectivity index (χ3n) is 5.89. The van der Waals surface area contributed by atoms with Crippen LogP contribution in [0.2, 0.25) is 5.02 Å². The van der Waals surface area contributed by atoms with Gasteiger partial charge in [0, 0.05) is 14.8 Å². The zero-order valence-electron chi connectivity index (χ0n) is 21.5. The summed E-state index contributed by atoms with van der Waals surface area (Å²) in [5.41, 5.74) is 0.746. The molecule has 3 rings (SSSR count). The number of rotatable bonds is 13. The average molecular weight is 541 g/mol. The molecule has 0 aliphatic heterocycles. The molecule has 0 unspecified atom stereocenters. The Balaban J connectivity index is 1.59. The molecule has 7 heteroatoms. The number of aryl methyl sites for hydroxylation is 1. The molecule has 0 radical (unpaired) electrons. The minimum absolute atomic E-state index is 0.209. The lowest BCUT2D eigenvalue weighted by Gasteiger charge is -2.25. The van der Waals surface area contributed by atoms with Crippen LogP contribution in [0.1, 0.15) is 44.7 Å². The number of carbonyl (C=O) groups excluding carboxylic acids is 2. The molecule has 3 aromatic carbocycles. The molecule has 196 valence electrons. The van der Waals surface area contributed by atoms with Crippen LogP contribution in [0.5, 0.6) is 5.75 Å². The Morgan fingerprint density at radius 2 is 1.54 bits per heavy atom. The van der Waals surface area contributed by atoms with E-state index in [0.717, 1.165) is 26.7 Å². The lowest BCUT2D eigenvalue weighted by molar-refractivity contribution is -0.171. The Kier molecular flexibility index (Phi) is 10.9. The van der Waals surface area contributed by atoms with Gasteiger partial charge in [0.1, 0.15) is 12.4 Å². The Labute approximate surface area is 228 Å². The highest BCUT2D eigenvalue weighted by molar-refractivity contribution is 7.99. The molecule has 0 atom stereocenters. The van der Waals surface area contributed by atoms with Crippen molar-refractivity contribution in [1.29, 1.82) is 0 Å². The van der Waals surface area contributed by atoms with E-state index >= 15 is 0 Å². The van der Waals surface area contributed by atoms with Gasteiger partial charge in [-0.15, -0.1) is 0 Å². The van der Waals surface area contributed by atoms with Crippen LogP contribution in [-0.4, -0.2) is 25.2 Å². The van der Waals surface area contributed by atoms with E-state index in [1.807, 2.05) is 72.8 Å². The first-order chi connectivity index (χ1) is 17.9. The van der Waals surface area contributed by atoms with Crippen LogP contribution in [0.4, 0.5) is 0 Å². The van der Waals surface area contributed by atoms with Crippen molar-refractivity contribution in [1.82, 2.24) is 0 Å². The van der Waals surface area contributed by atoms with E-state index in [1.54, 1.807) is 32.5 Å². The summed E-state index contributed by atoms with van der Waals surface area (Å²) in [6.07, 6.45) is 1.52. The molecular weight excluding hydrogens is 508 g/mol. The van der Waals surface area contributed by atoms with Gasteiger partial charge < -0.3 is 14.2 Å². The zero-order chi connectivity index (χ0) is 26.7. The molecule has 0 saturated heterocycles. The highest BCUT2D eigenvalue weighted by Crippen LogP contribution is 2.34. The number of carbonyl (C=O) groups is 2. The van der Waals surface area contributed by atoms with Crippen molar-refractivity contribution < 1.29 is 23.8 Å². The van der Waals surface area contributed by atoms with Crippen molar-refractivity contribution in [3.8, 4) is 5.75 Å². The molecule has 0 aliphatic rings. The van der Waals surface area contributed by atoms with Crippen LogP contribution >= 0.6 is 23.4 Å². The fourth-order valence-electron chi connectivity index (χ4n) is 3.80. The quantitative estimate of drug-likeness (QED) is 0.165. The van der Waals surface area contributed by atoms with E-state index in [2.05, 4.69) is 0 Å². The fraction of sp³-hybridized carbons (Fsp3) is 0.333. The molecule has 0 N–H and O–H groups in total. The molecule has 0 spiro atoms. The summed E-state index contributed by atoms with van der Waals surface area (Å²) in [5.74, 6) is -0.301. The number of hydrogen-bond acceptors (Lipinski definition) is 6. The van der Waals surface area contributed by atoms with Gasteiger partial charge in [-0.3, -0.25) is 9.59 Å². The van der Waals surface area contributed by atoms with Gasteiger partial charge in [0.2, 0.25) is 0 Å². The number of benzene rings is 3. The maximum absolute atomic E-state index is 12.5. The summed E-state index contributed by atoms with van der Waals surface area (Å²) < 4.78 is 16.2. The zero-order valence-corrected chi connectivity index (χ0v) is 23.1. The van der Waals surface area contributed by atoms with Gasteiger partial charge in [-0.05, 0) is 81.5 Å². The summed E-state index contributed by atoms with van der Waals surface area (Å²) in [5, 5.41) is 0.649. The van der Waals surface area contributed by atoms with Crippen molar-refractivity contribution >= 4 is 35.3 Å². The largest absolute Gasteiger partial charge is 0.489 e. The van der Waals surface area contributed by atoms with Gasteiger partial charge in [-0.1, -0.05) is 65.8 Å².